The number of Topliss-reactive ketones (excluding diaryl/α,β-unsaturated/α-hetero) is 1. The van der Waals surface area contributed by atoms with E-state index in [4.69, 9.17) is 4.74 Å². The summed E-state index contributed by atoms with van der Waals surface area (Å²) in [6.07, 6.45) is 6.57. The molecule has 2 rings (SSSR count). The molecular weight excluding hydrogens is 304 g/mol. The smallest absolute Gasteiger partial charge is 0.334 e. The van der Waals surface area contributed by atoms with Crippen molar-refractivity contribution in [2.45, 2.75) is 65.1 Å². The Kier molecular flexibility index (Phi) is 6.16. The highest BCUT2D eigenvalue weighted by Gasteiger charge is 2.40. The number of aliphatic hydroxyl groups excluding tert-OH is 1. The van der Waals surface area contributed by atoms with Crippen LogP contribution in [-0.4, -0.2) is 29.1 Å². The van der Waals surface area contributed by atoms with E-state index in [-0.39, 0.29) is 11.7 Å². The maximum absolute atomic E-state index is 12.0. The minimum atomic E-state index is -0.788. The summed E-state index contributed by atoms with van der Waals surface area (Å²) in [7, 11) is 0. The molecule has 0 aromatic heterocycles. The first-order chi connectivity index (χ1) is 11.3. The quantitative estimate of drug-likeness (QED) is 0.453. The van der Waals surface area contributed by atoms with Gasteiger partial charge < -0.3 is 9.84 Å². The van der Waals surface area contributed by atoms with E-state index in [9.17, 15) is 14.7 Å². The van der Waals surface area contributed by atoms with Gasteiger partial charge in [0.25, 0.3) is 0 Å². The van der Waals surface area contributed by atoms with Crippen molar-refractivity contribution in [3.63, 3.8) is 0 Å². The molecule has 0 bridgehead atoms. The first-order valence-corrected chi connectivity index (χ1v) is 8.70. The molecule has 1 heterocycles. The molecule has 0 radical (unpaired) electrons. The first-order valence-electron chi connectivity index (χ1n) is 8.70. The van der Waals surface area contributed by atoms with Crippen molar-refractivity contribution in [3.05, 3.63) is 35.5 Å². The average molecular weight is 332 g/mol. The fourth-order valence-electron chi connectivity index (χ4n) is 3.54. The number of hydrogen-bond donors (Lipinski definition) is 1. The molecule has 4 atom stereocenters. The van der Waals surface area contributed by atoms with E-state index in [1.54, 1.807) is 0 Å². The minimum absolute atomic E-state index is 0.00991. The second kappa shape index (κ2) is 7.93. The van der Waals surface area contributed by atoms with Gasteiger partial charge >= 0.3 is 5.97 Å². The zero-order valence-corrected chi connectivity index (χ0v) is 14.9. The lowest BCUT2D eigenvalue weighted by Gasteiger charge is -2.24. The topological polar surface area (TPSA) is 63.6 Å². The van der Waals surface area contributed by atoms with Gasteiger partial charge in [-0.25, -0.2) is 4.79 Å². The minimum Gasteiger partial charge on any atom is -0.454 e. The molecule has 1 fully saturated rings. The third kappa shape index (κ3) is 4.44. The molecule has 0 unspecified atom stereocenters. The lowest BCUT2D eigenvalue weighted by atomic mass is 9.82. The van der Waals surface area contributed by atoms with Crippen LogP contribution in [0.5, 0.6) is 0 Å². The highest BCUT2D eigenvalue weighted by Crippen LogP contribution is 2.35. The molecule has 0 saturated carbocycles. The number of hydrogen-bond acceptors (Lipinski definition) is 4. The number of ketones is 1. The number of allylic oxidation sites excluding steroid dienone is 3. The molecule has 1 aliphatic carbocycles. The summed E-state index contributed by atoms with van der Waals surface area (Å²) in [4.78, 5) is 23.9. The normalized spacial score (nSPS) is 36.8. The molecule has 4 heteroatoms. The summed E-state index contributed by atoms with van der Waals surface area (Å²) in [5.74, 6) is -1.09. The molecular formula is C20H28O4. The fraction of sp³-hybridized carbons (Fsp3) is 0.600. The summed E-state index contributed by atoms with van der Waals surface area (Å²) in [6, 6.07) is 0. The van der Waals surface area contributed by atoms with E-state index in [1.807, 2.05) is 13.0 Å². The predicted molar refractivity (Wildman–Crippen MR) is 93.3 cm³/mol. The van der Waals surface area contributed by atoms with Gasteiger partial charge in [0.1, 0.15) is 11.9 Å². The van der Waals surface area contributed by atoms with Crippen molar-refractivity contribution < 1.29 is 19.4 Å². The molecule has 0 aromatic carbocycles. The number of ether oxygens (including phenoxy) is 1. The Morgan fingerprint density at radius 3 is 2.67 bits per heavy atom. The number of carbonyl (C=O) groups excluding carboxylic acids is 2. The van der Waals surface area contributed by atoms with Crippen LogP contribution in [0, 0.1) is 11.8 Å². The number of esters is 1. The Hall–Kier alpha value is -1.68. The van der Waals surface area contributed by atoms with Crippen molar-refractivity contribution in [2.24, 2.45) is 11.8 Å². The van der Waals surface area contributed by atoms with E-state index in [0.29, 0.717) is 18.4 Å². The van der Waals surface area contributed by atoms with E-state index >= 15 is 0 Å². The van der Waals surface area contributed by atoms with E-state index < -0.39 is 24.1 Å². The Labute approximate surface area is 144 Å². The number of carbonyl (C=O) groups is 2. The number of aliphatic hydroxyl groups is 1. The summed E-state index contributed by atoms with van der Waals surface area (Å²) < 4.78 is 5.42. The maximum Gasteiger partial charge on any atom is 0.334 e. The van der Waals surface area contributed by atoms with Gasteiger partial charge in [-0.2, -0.15) is 0 Å². The second-order valence-corrected chi connectivity index (χ2v) is 7.16. The number of fused-ring (bicyclic) bond motifs is 1. The maximum atomic E-state index is 12.0. The molecule has 1 N–H and O–H groups in total. The summed E-state index contributed by atoms with van der Waals surface area (Å²) in [5.41, 5.74) is 2.81. The zero-order valence-electron chi connectivity index (χ0n) is 14.9. The zero-order chi connectivity index (χ0) is 17.9. The second-order valence-electron chi connectivity index (χ2n) is 7.16. The first kappa shape index (κ1) is 18.7. The van der Waals surface area contributed by atoms with Crippen molar-refractivity contribution in [3.8, 4) is 0 Å². The average Bonchev–Trinajstić information content (AvgIpc) is 2.74. The summed E-state index contributed by atoms with van der Waals surface area (Å²) >= 11 is 0. The van der Waals surface area contributed by atoms with Gasteiger partial charge in [0.2, 0.25) is 0 Å². The van der Waals surface area contributed by atoms with Crippen LogP contribution in [-0.2, 0) is 14.3 Å². The molecule has 1 aliphatic heterocycles. The van der Waals surface area contributed by atoms with Gasteiger partial charge in [-0.15, -0.1) is 0 Å². The molecule has 4 nitrogen and oxygen atoms in total. The van der Waals surface area contributed by atoms with Gasteiger partial charge in [-0.05, 0) is 59.0 Å². The van der Waals surface area contributed by atoms with Gasteiger partial charge in [0.15, 0.2) is 0 Å². The molecule has 24 heavy (non-hydrogen) atoms. The Morgan fingerprint density at radius 1 is 1.29 bits per heavy atom. The summed E-state index contributed by atoms with van der Waals surface area (Å²) in [5, 5.41) is 10.6. The van der Waals surface area contributed by atoms with Crippen LogP contribution in [0.1, 0.15) is 52.9 Å². The lowest BCUT2D eigenvalue weighted by Crippen LogP contribution is -2.31. The van der Waals surface area contributed by atoms with Crippen LogP contribution in [0.25, 0.3) is 0 Å². The van der Waals surface area contributed by atoms with Crippen molar-refractivity contribution in [2.75, 3.05) is 0 Å². The van der Waals surface area contributed by atoms with Crippen LogP contribution in [0.3, 0.4) is 0 Å². The highest BCUT2D eigenvalue weighted by atomic mass is 16.6. The number of rotatable bonds is 1. The Balaban J connectivity index is 2.30. The largest absolute Gasteiger partial charge is 0.454 e. The monoisotopic (exact) mass is 332 g/mol. The lowest BCUT2D eigenvalue weighted by molar-refractivity contribution is -0.137. The third-order valence-corrected chi connectivity index (χ3v) is 5.16. The Morgan fingerprint density at radius 2 is 2.00 bits per heavy atom. The third-order valence-electron chi connectivity index (χ3n) is 5.16. The van der Waals surface area contributed by atoms with Gasteiger partial charge in [-0.1, -0.05) is 23.8 Å². The van der Waals surface area contributed by atoms with Crippen molar-refractivity contribution in [1.29, 1.82) is 0 Å². The van der Waals surface area contributed by atoms with E-state index in [0.717, 1.165) is 24.8 Å². The van der Waals surface area contributed by atoms with Gasteiger partial charge in [-0.3, -0.25) is 4.79 Å². The SMILES string of the molecule is C=C1C(=O)O[C@H]2/C=C(\C)CC/C=C(\C)CC[C@H](C(C)=O)[C@@H](O)C[C@@H]12. The molecule has 2 aliphatic rings. The van der Waals surface area contributed by atoms with E-state index in [2.05, 4.69) is 19.6 Å². The van der Waals surface area contributed by atoms with Crippen LogP contribution >= 0.6 is 0 Å². The summed E-state index contributed by atoms with van der Waals surface area (Å²) in [6.45, 7) is 9.46. The van der Waals surface area contributed by atoms with Gasteiger partial charge in [0.05, 0.1) is 6.10 Å². The molecule has 0 spiro atoms. The Bertz CT molecular complexity index is 584. The molecule has 0 aromatic rings. The van der Waals surface area contributed by atoms with Crippen LogP contribution in [0.2, 0.25) is 0 Å². The highest BCUT2D eigenvalue weighted by molar-refractivity contribution is 5.91. The van der Waals surface area contributed by atoms with Gasteiger partial charge in [0, 0.05) is 17.4 Å². The molecule has 132 valence electrons. The fourth-order valence-corrected chi connectivity index (χ4v) is 3.54. The van der Waals surface area contributed by atoms with E-state index in [1.165, 1.54) is 12.5 Å². The van der Waals surface area contributed by atoms with Crippen LogP contribution in [0.4, 0.5) is 0 Å². The molecule has 1 saturated heterocycles. The van der Waals surface area contributed by atoms with Crippen molar-refractivity contribution >= 4 is 11.8 Å². The molecule has 0 amide bonds. The van der Waals surface area contributed by atoms with Crippen LogP contribution < -0.4 is 0 Å². The van der Waals surface area contributed by atoms with Crippen molar-refractivity contribution in [1.82, 2.24) is 0 Å². The van der Waals surface area contributed by atoms with Crippen LogP contribution in [0.15, 0.2) is 35.5 Å². The predicted octanol–water partition coefficient (Wildman–Crippen LogP) is 3.51. The standard InChI is InChI=1S/C20H28O4/c1-12-6-5-7-13(2)10-19-17(14(3)20(23)24-19)11-18(22)16(9-8-12)15(4)21/h6,10,16-19,22H,3,5,7-9,11H2,1-2,4H3/b12-6+,13-10+/t16-,17+,18+,19+/m1/s1.